The molecule has 0 radical (unpaired) electrons. The Hall–Kier alpha value is -1.30. The Labute approximate surface area is 101 Å². The van der Waals surface area contributed by atoms with E-state index >= 15 is 0 Å². The lowest BCUT2D eigenvalue weighted by Crippen LogP contribution is -2.09. The van der Waals surface area contributed by atoms with Crippen molar-refractivity contribution in [2.24, 2.45) is 0 Å². The number of unbranched alkanes of at least 4 members (excludes halogenated alkanes) is 2. The predicted molar refractivity (Wildman–Crippen MR) is 63.7 cm³/mol. The van der Waals surface area contributed by atoms with Crippen LogP contribution in [-0.4, -0.2) is 14.7 Å². The largest absolute Gasteiger partial charge is 0.428 e. The summed E-state index contributed by atoms with van der Waals surface area (Å²) >= 11 is 0. The summed E-state index contributed by atoms with van der Waals surface area (Å²) in [4.78, 5) is 11.2. The van der Waals surface area contributed by atoms with Gasteiger partial charge in [0.05, 0.1) is 12.3 Å². The Bertz CT molecular complexity index is 515. The van der Waals surface area contributed by atoms with Gasteiger partial charge in [0.25, 0.3) is 0 Å². The molecule has 0 aliphatic rings. The quantitative estimate of drug-likeness (QED) is 0.575. The lowest BCUT2D eigenvalue weighted by Gasteiger charge is -2.04. The van der Waals surface area contributed by atoms with Gasteiger partial charge < -0.3 is 8.60 Å². The van der Waals surface area contributed by atoms with Gasteiger partial charge in [-0.1, -0.05) is 19.8 Å². The first-order chi connectivity index (χ1) is 7.90. The fourth-order valence-electron chi connectivity index (χ4n) is 1.40. The van der Waals surface area contributed by atoms with Crippen LogP contribution < -0.4 is 9.81 Å². The molecule has 1 heterocycles. The van der Waals surface area contributed by atoms with Crippen molar-refractivity contribution in [2.45, 2.75) is 32.6 Å². The summed E-state index contributed by atoms with van der Waals surface area (Å²) < 4.78 is 31.4. The van der Waals surface area contributed by atoms with Crippen LogP contribution in [0.5, 0.6) is 5.75 Å². The molecule has 0 aliphatic heterocycles. The maximum absolute atomic E-state index is 11.2. The molecule has 0 amide bonds. The zero-order chi connectivity index (χ0) is 12.9. The molecule has 0 atom stereocenters. The molecule has 0 aliphatic carbocycles. The molecular weight excluding hydrogens is 244 g/mol. The van der Waals surface area contributed by atoms with Gasteiger partial charge in [0, 0.05) is 12.5 Å². The highest BCUT2D eigenvalue weighted by atomic mass is 32.2. The number of aryl methyl sites for hydroxylation is 1. The monoisotopic (exact) mass is 260 g/mol. The van der Waals surface area contributed by atoms with E-state index in [-0.39, 0.29) is 5.75 Å². The first-order valence-electron chi connectivity index (χ1n) is 5.44. The summed E-state index contributed by atoms with van der Waals surface area (Å²) in [6, 6.07) is 2.46. The van der Waals surface area contributed by atoms with Crippen LogP contribution in [0.3, 0.4) is 0 Å². The third-order valence-electron chi connectivity index (χ3n) is 2.07. The van der Waals surface area contributed by atoms with Gasteiger partial charge >= 0.3 is 15.7 Å². The van der Waals surface area contributed by atoms with Gasteiger partial charge in [-0.05, 0) is 6.42 Å². The third-order valence-corrected chi connectivity index (χ3v) is 2.56. The average molecular weight is 260 g/mol. The molecule has 0 aromatic carbocycles. The van der Waals surface area contributed by atoms with Crippen LogP contribution in [0.2, 0.25) is 0 Å². The molecular formula is C11H16O5S. The normalized spacial score (nSPS) is 11.4. The first kappa shape index (κ1) is 13.8. The number of rotatable bonds is 6. The van der Waals surface area contributed by atoms with E-state index in [0.29, 0.717) is 12.2 Å². The summed E-state index contributed by atoms with van der Waals surface area (Å²) in [5, 5.41) is 0. The minimum absolute atomic E-state index is 0.00949. The fraction of sp³-hybridized carbons (Fsp3) is 0.545. The standard InChI is InChI=1S/C11H16O5S/c1-3-4-5-6-9-7-10(8-11(12)15-9)16-17(2,13)14/h7-8H,3-6H2,1-2H3. The first-order valence-corrected chi connectivity index (χ1v) is 7.26. The van der Waals surface area contributed by atoms with Crippen LogP contribution in [0, 0.1) is 0 Å². The van der Waals surface area contributed by atoms with Crippen LogP contribution >= 0.6 is 0 Å². The van der Waals surface area contributed by atoms with Crippen molar-refractivity contribution in [2.75, 3.05) is 6.26 Å². The van der Waals surface area contributed by atoms with Gasteiger partial charge in [-0.2, -0.15) is 8.42 Å². The highest BCUT2D eigenvalue weighted by Crippen LogP contribution is 2.14. The molecule has 1 aromatic heterocycles. The zero-order valence-electron chi connectivity index (χ0n) is 9.93. The van der Waals surface area contributed by atoms with Gasteiger partial charge in [-0.25, -0.2) is 4.79 Å². The highest BCUT2D eigenvalue weighted by molar-refractivity contribution is 7.86. The van der Waals surface area contributed by atoms with Crippen molar-refractivity contribution >= 4 is 10.1 Å². The molecule has 17 heavy (non-hydrogen) atoms. The van der Waals surface area contributed by atoms with Crippen molar-refractivity contribution in [1.29, 1.82) is 0 Å². The Balaban J connectivity index is 2.83. The van der Waals surface area contributed by atoms with Crippen molar-refractivity contribution in [3.8, 4) is 5.75 Å². The summed E-state index contributed by atoms with van der Waals surface area (Å²) in [6.07, 6.45) is 4.51. The van der Waals surface area contributed by atoms with E-state index in [1.807, 2.05) is 0 Å². The van der Waals surface area contributed by atoms with Crippen molar-refractivity contribution in [3.63, 3.8) is 0 Å². The van der Waals surface area contributed by atoms with Gasteiger partial charge in [-0.3, -0.25) is 0 Å². The maximum atomic E-state index is 11.2. The minimum atomic E-state index is -3.62. The van der Waals surface area contributed by atoms with Gasteiger partial charge in [-0.15, -0.1) is 0 Å². The van der Waals surface area contributed by atoms with Gasteiger partial charge in [0.15, 0.2) is 5.75 Å². The van der Waals surface area contributed by atoms with E-state index in [4.69, 9.17) is 4.42 Å². The number of hydrogen-bond acceptors (Lipinski definition) is 5. The molecule has 1 aromatic rings. The Morgan fingerprint density at radius 3 is 2.59 bits per heavy atom. The van der Waals surface area contributed by atoms with E-state index in [1.165, 1.54) is 6.07 Å². The van der Waals surface area contributed by atoms with E-state index < -0.39 is 15.7 Å². The lowest BCUT2D eigenvalue weighted by atomic mass is 10.1. The summed E-state index contributed by atoms with van der Waals surface area (Å²) in [5.74, 6) is 0.458. The summed E-state index contributed by atoms with van der Waals surface area (Å²) in [6.45, 7) is 2.07. The Kier molecular flexibility index (Phi) is 4.74. The van der Waals surface area contributed by atoms with Crippen LogP contribution in [0.4, 0.5) is 0 Å². The van der Waals surface area contributed by atoms with Gasteiger partial charge in [0.2, 0.25) is 0 Å². The van der Waals surface area contributed by atoms with Crippen LogP contribution in [0.1, 0.15) is 31.9 Å². The van der Waals surface area contributed by atoms with E-state index in [0.717, 1.165) is 31.6 Å². The van der Waals surface area contributed by atoms with Crippen LogP contribution in [0.15, 0.2) is 21.3 Å². The second-order valence-electron chi connectivity index (χ2n) is 3.82. The average Bonchev–Trinajstić information content (AvgIpc) is 2.14. The minimum Gasteiger partial charge on any atom is -0.428 e. The van der Waals surface area contributed by atoms with E-state index in [2.05, 4.69) is 11.1 Å². The molecule has 0 saturated carbocycles. The summed E-state index contributed by atoms with van der Waals surface area (Å²) in [5.41, 5.74) is -0.599. The fourth-order valence-corrected chi connectivity index (χ4v) is 1.85. The second-order valence-corrected chi connectivity index (χ2v) is 5.40. The lowest BCUT2D eigenvalue weighted by molar-refractivity contribution is 0.435. The molecule has 5 nitrogen and oxygen atoms in total. The SMILES string of the molecule is CCCCCc1cc(OS(C)(=O)=O)cc(=O)o1. The smallest absolute Gasteiger partial charge is 0.339 e. The number of hydrogen-bond donors (Lipinski definition) is 0. The van der Waals surface area contributed by atoms with Crippen LogP contribution in [-0.2, 0) is 16.5 Å². The molecule has 0 bridgehead atoms. The maximum Gasteiger partial charge on any atom is 0.339 e. The molecule has 0 spiro atoms. The second kappa shape index (κ2) is 5.86. The molecule has 0 unspecified atom stereocenters. The Morgan fingerprint density at radius 1 is 1.29 bits per heavy atom. The van der Waals surface area contributed by atoms with Crippen molar-refractivity contribution in [3.05, 3.63) is 28.3 Å². The zero-order valence-corrected chi connectivity index (χ0v) is 10.7. The van der Waals surface area contributed by atoms with E-state index in [9.17, 15) is 13.2 Å². The topological polar surface area (TPSA) is 73.6 Å². The molecule has 1 rings (SSSR count). The van der Waals surface area contributed by atoms with Crippen molar-refractivity contribution < 1.29 is 17.0 Å². The molecule has 0 saturated heterocycles. The molecule has 0 N–H and O–H groups in total. The highest BCUT2D eigenvalue weighted by Gasteiger charge is 2.08. The van der Waals surface area contributed by atoms with Crippen molar-refractivity contribution in [1.82, 2.24) is 0 Å². The van der Waals surface area contributed by atoms with E-state index in [1.54, 1.807) is 0 Å². The molecule has 6 heteroatoms. The van der Waals surface area contributed by atoms with Crippen LogP contribution in [0.25, 0.3) is 0 Å². The predicted octanol–water partition coefficient (Wildman–Crippen LogP) is 1.71. The molecule has 96 valence electrons. The van der Waals surface area contributed by atoms with Gasteiger partial charge in [0.1, 0.15) is 5.76 Å². The Morgan fingerprint density at radius 2 is 2.00 bits per heavy atom. The molecule has 0 fully saturated rings. The summed E-state index contributed by atoms with van der Waals surface area (Å²) in [7, 11) is -3.62. The third kappa shape index (κ3) is 5.53.